The van der Waals surface area contributed by atoms with Gasteiger partial charge in [-0.2, -0.15) is 4.39 Å². The Morgan fingerprint density at radius 1 is 1.27 bits per heavy atom. The zero-order valence-electron chi connectivity index (χ0n) is 10.0. The Balaban J connectivity index is 4.83. The van der Waals surface area contributed by atoms with Gasteiger partial charge in [0.05, 0.1) is 17.9 Å². The second kappa shape index (κ2) is 4.73. The first-order valence-corrected chi connectivity index (χ1v) is 4.98. The van der Waals surface area contributed by atoms with E-state index in [1.54, 1.807) is 20.8 Å². The van der Waals surface area contributed by atoms with Gasteiger partial charge in [0.25, 0.3) is 0 Å². The Hall–Kier alpha value is -0.930. The predicted molar refractivity (Wildman–Crippen MR) is 54.9 cm³/mol. The zero-order valence-corrected chi connectivity index (χ0v) is 10.0. The topological polar surface area (TPSA) is 43.4 Å². The second-order valence-electron chi connectivity index (χ2n) is 4.74. The minimum Gasteiger partial charge on any atom is -0.469 e. The molecule has 1 unspecified atom stereocenters. The fraction of sp³-hybridized carbons (Fsp3) is 0.818. The van der Waals surface area contributed by atoms with E-state index in [2.05, 4.69) is 4.74 Å². The highest BCUT2D eigenvalue weighted by Gasteiger charge is 2.41. The average Bonchev–Trinajstić information content (AvgIpc) is 2.15. The number of ether oxygens (including phenoxy) is 1. The first-order chi connectivity index (χ1) is 6.69. The van der Waals surface area contributed by atoms with Gasteiger partial charge in [-0.25, -0.2) is 0 Å². The Morgan fingerprint density at radius 3 is 2.00 bits per heavy atom. The quantitative estimate of drug-likeness (QED) is 0.526. The fourth-order valence-corrected chi connectivity index (χ4v) is 1.66. The molecule has 0 amide bonds. The van der Waals surface area contributed by atoms with Crippen molar-refractivity contribution in [3.05, 3.63) is 0 Å². The molecule has 0 saturated carbocycles. The van der Waals surface area contributed by atoms with Crippen molar-refractivity contribution in [2.45, 2.75) is 40.5 Å². The van der Waals surface area contributed by atoms with E-state index in [9.17, 15) is 14.0 Å². The van der Waals surface area contributed by atoms with Gasteiger partial charge >= 0.3 is 12.0 Å². The molecule has 0 aliphatic rings. The van der Waals surface area contributed by atoms with Crippen LogP contribution in [0.2, 0.25) is 0 Å². The summed E-state index contributed by atoms with van der Waals surface area (Å²) in [6, 6.07) is -1.37. The van der Waals surface area contributed by atoms with Crippen LogP contribution in [0.15, 0.2) is 0 Å². The number of methoxy groups -OCH3 is 1. The van der Waals surface area contributed by atoms with Crippen LogP contribution in [0.3, 0.4) is 0 Å². The molecule has 15 heavy (non-hydrogen) atoms. The van der Waals surface area contributed by atoms with Crippen molar-refractivity contribution in [1.82, 2.24) is 0 Å². The molecule has 0 aliphatic heterocycles. The van der Waals surface area contributed by atoms with Gasteiger partial charge in [-0.1, -0.05) is 6.92 Å². The van der Waals surface area contributed by atoms with E-state index in [0.717, 1.165) is 0 Å². The van der Waals surface area contributed by atoms with Crippen molar-refractivity contribution in [1.29, 1.82) is 0 Å². The lowest BCUT2D eigenvalue weighted by atomic mass is 9.73. The highest BCUT2D eigenvalue weighted by molar-refractivity contribution is 5.79. The lowest BCUT2D eigenvalue weighted by Crippen LogP contribution is -2.36. The number of hydrogen-bond donors (Lipinski definition) is 0. The van der Waals surface area contributed by atoms with Crippen molar-refractivity contribution in [2.75, 3.05) is 7.11 Å². The molecule has 0 rings (SSSR count). The van der Waals surface area contributed by atoms with E-state index in [0.29, 0.717) is 6.42 Å². The van der Waals surface area contributed by atoms with Gasteiger partial charge < -0.3 is 4.74 Å². The maximum Gasteiger partial charge on any atom is 0.311 e. The lowest BCUT2D eigenvalue weighted by Gasteiger charge is -2.31. The first-order valence-electron chi connectivity index (χ1n) is 4.98. The minimum absolute atomic E-state index is 0.151. The number of hydrogen-bond acceptors (Lipinski definition) is 3. The molecular weight excluding hydrogens is 199 g/mol. The van der Waals surface area contributed by atoms with Crippen LogP contribution in [-0.2, 0) is 14.3 Å². The van der Waals surface area contributed by atoms with E-state index in [1.807, 2.05) is 0 Å². The summed E-state index contributed by atoms with van der Waals surface area (Å²) in [6.07, 6.45) is 0.515. The predicted octanol–water partition coefficient (Wildman–Crippen LogP) is 2.49. The monoisotopic (exact) mass is 218 g/mol. The maximum absolute atomic E-state index is 12.9. The van der Waals surface area contributed by atoms with Crippen molar-refractivity contribution in [2.24, 2.45) is 10.8 Å². The Kier molecular flexibility index (Phi) is 4.43. The molecule has 0 radical (unpaired) electrons. The van der Waals surface area contributed by atoms with Crippen LogP contribution in [0, 0.1) is 10.8 Å². The zero-order chi connectivity index (χ0) is 12.3. The highest BCUT2D eigenvalue weighted by atomic mass is 19.1. The number of halogens is 1. The Morgan fingerprint density at radius 2 is 1.73 bits per heavy atom. The molecular formula is C11H19FO3. The second-order valence-corrected chi connectivity index (χ2v) is 4.74. The van der Waals surface area contributed by atoms with Crippen LogP contribution in [0.5, 0.6) is 0 Å². The van der Waals surface area contributed by atoms with E-state index in [-0.39, 0.29) is 6.42 Å². The van der Waals surface area contributed by atoms with Crippen LogP contribution in [0.1, 0.15) is 40.5 Å². The largest absolute Gasteiger partial charge is 0.469 e. The molecule has 0 aliphatic carbocycles. The van der Waals surface area contributed by atoms with E-state index >= 15 is 0 Å². The maximum atomic E-state index is 12.9. The van der Waals surface area contributed by atoms with E-state index in [4.69, 9.17) is 0 Å². The van der Waals surface area contributed by atoms with Crippen molar-refractivity contribution >= 4 is 12.0 Å². The van der Waals surface area contributed by atoms with Crippen LogP contribution in [-0.4, -0.2) is 19.1 Å². The molecule has 0 aromatic heterocycles. The van der Waals surface area contributed by atoms with Gasteiger partial charge in [-0.3, -0.25) is 9.59 Å². The SMILES string of the molecule is CCC(C)(CC(C)(C)C(=O)OC)C(=O)F. The summed E-state index contributed by atoms with van der Waals surface area (Å²) in [6.45, 7) is 6.55. The molecule has 0 N–H and O–H groups in total. The van der Waals surface area contributed by atoms with Crippen molar-refractivity contribution in [3.63, 3.8) is 0 Å². The summed E-state index contributed by atoms with van der Waals surface area (Å²) in [5.74, 6) is -0.427. The molecule has 0 aromatic rings. The molecule has 0 saturated heterocycles. The molecule has 0 spiro atoms. The summed E-state index contributed by atoms with van der Waals surface area (Å²) in [5, 5.41) is 0. The van der Waals surface area contributed by atoms with E-state index < -0.39 is 22.8 Å². The standard InChI is InChI=1S/C11H19FO3/c1-6-11(4,8(12)13)7-10(2,3)9(14)15-5/h6-7H2,1-5H3. The van der Waals surface area contributed by atoms with Gasteiger partial charge in [0.15, 0.2) is 0 Å². The number of carbonyl (C=O) groups excluding carboxylic acids is 2. The summed E-state index contributed by atoms with van der Waals surface area (Å²) < 4.78 is 17.5. The van der Waals surface area contributed by atoms with Gasteiger partial charge in [0.1, 0.15) is 0 Å². The van der Waals surface area contributed by atoms with Crippen LogP contribution in [0.4, 0.5) is 4.39 Å². The third-order valence-corrected chi connectivity index (χ3v) is 2.82. The van der Waals surface area contributed by atoms with Crippen LogP contribution in [0.25, 0.3) is 0 Å². The summed E-state index contributed by atoms with van der Waals surface area (Å²) in [4.78, 5) is 22.3. The highest BCUT2D eigenvalue weighted by Crippen LogP contribution is 2.38. The molecule has 0 heterocycles. The molecule has 0 bridgehead atoms. The molecule has 0 fully saturated rings. The smallest absolute Gasteiger partial charge is 0.311 e. The number of rotatable bonds is 5. The van der Waals surface area contributed by atoms with Gasteiger partial charge in [0, 0.05) is 0 Å². The Bertz CT molecular complexity index is 261. The summed E-state index contributed by atoms with van der Waals surface area (Å²) in [7, 11) is 1.28. The lowest BCUT2D eigenvalue weighted by molar-refractivity contribution is -0.155. The summed E-state index contributed by atoms with van der Waals surface area (Å²) in [5.41, 5.74) is -1.95. The van der Waals surface area contributed by atoms with Crippen LogP contribution < -0.4 is 0 Å². The number of esters is 1. The third kappa shape index (κ3) is 3.29. The van der Waals surface area contributed by atoms with Crippen molar-refractivity contribution in [3.8, 4) is 0 Å². The average molecular weight is 218 g/mol. The molecule has 88 valence electrons. The van der Waals surface area contributed by atoms with Crippen LogP contribution >= 0.6 is 0 Å². The van der Waals surface area contributed by atoms with E-state index in [1.165, 1.54) is 14.0 Å². The molecule has 0 aromatic carbocycles. The third-order valence-electron chi connectivity index (χ3n) is 2.82. The minimum atomic E-state index is -1.37. The van der Waals surface area contributed by atoms with Gasteiger partial charge in [-0.15, -0.1) is 0 Å². The summed E-state index contributed by atoms with van der Waals surface area (Å²) >= 11 is 0. The van der Waals surface area contributed by atoms with Gasteiger partial charge in [0.2, 0.25) is 0 Å². The molecule has 4 heteroatoms. The molecule has 1 atom stereocenters. The molecule has 3 nitrogen and oxygen atoms in total. The van der Waals surface area contributed by atoms with Gasteiger partial charge in [-0.05, 0) is 33.6 Å². The van der Waals surface area contributed by atoms with Crippen molar-refractivity contribution < 1.29 is 18.7 Å². The normalized spacial score (nSPS) is 15.6. The number of carbonyl (C=O) groups is 2. The fourth-order valence-electron chi connectivity index (χ4n) is 1.66. The first kappa shape index (κ1) is 14.1. The Labute approximate surface area is 90.0 Å².